The van der Waals surface area contributed by atoms with Crippen molar-refractivity contribution in [3.05, 3.63) is 60.8 Å². The van der Waals surface area contributed by atoms with Crippen LogP contribution < -0.4 is 15.5 Å². The van der Waals surface area contributed by atoms with Crippen molar-refractivity contribution >= 4 is 23.1 Å². The van der Waals surface area contributed by atoms with E-state index in [2.05, 4.69) is 20.6 Å². The molecule has 0 aliphatic heterocycles. The lowest BCUT2D eigenvalue weighted by Gasteiger charge is -2.33. The maximum Gasteiger partial charge on any atom is 0.270 e. The lowest BCUT2D eigenvalue weighted by atomic mass is 9.95. The lowest BCUT2D eigenvalue weighted by molar-refractivity contribution is -0.122. The van der Waals surface area contributed by atoms with Crippen LogP contribution in [0.15, 0.2) is 55.1 Å². The van der Waals surface area contributed by atoms with Gasteiger partial charge < -0.3 is 15.5 Å². The normalized spacial score (nSPS) is 12.4. The van der Waals surface area contributed by atoms with Crippen LogP contribution in [0.4, 0.5) is 5.69 Å². The third-order valence-electron chi connectivity index (χ3n) is 5.32. The SMILES string of the molecule is CC(NC(=O)c1cnc2ccccn12)C(C)(C)NC(=O)CCN(C)c1ccncc1. The van der Waals surface area contributed by atoms with Crippen molar-refractivity contribution in [3.8, 4) is 0 Å². The highest BCUT2D eigenvalue weighted by atomic mass is 16.2. The second-order valence-electron chi connectivity index (χ2n) is 7.91. The van der Waals surface area contributed by atoms with Gasteiger partial charge in [-0.3, -0.25) is 19.0 Å². The Bertz CT molecular complexity index is 1010. The minimum absolute atomic E-state index is 0.0724. The van der Waals surface area contributed by atoms with Crippen LogP contribution in [0, 0.1) is 0 Å². The first-order chi connectivity index (χ1) is 14.3. The summed E-state index contributed by atoms with van der Waals surface area (Å²) in [6, 6.07) is 9.08. The predicted molar refractivity (Wildman–Crippen MR) is 116 cm³/mol. The van der Waals surface area contributed by atoms with Gasteiger partial charge >= 0.3 is 0 Å². The number of carbonyl (C=O) groups is 2. The molecule has 1 unspecified atom stereocenters. The molecule has 3 rings (SSSR count). The molecule has 3 aromatic rings. The zero-order valence-electron chi connectivity index (χ0n) is 17.8. The summed E-state index contributed by atoms with van der Waals surface area (Å²) in [5.74, 6) is -0.308. The highest BCUT2D eigenvalue weighted by molar-refractivity contribution is 5.93. The quantitative estimate of drug-likeness (QED) is 0.597. The summed E-state index contributed by atoms with van der Waals surface area (Å²) in [5, 5.41) is 6.01. The molecule has 0 saturated carbocycles. The molecule has 158 valence electrons. The molecule has 0 saturated heterocycles. The predicted octanol–water partition coefficient (Wildman–Crippen LogP) is 2.27. The molecule has 0 radical (unpaired) electrons. The number of hydrogen-bond donors (Lipinski definition) is 2. The number of pyridine rings is 2. The lowest BCUT2D eigenvalue weighted by Crippen LogP contribution is -2.57. The third kappa shape index (κ3) is 4.94. The average molecular weight is 409 g/mol. The van der Waals surface area contributed by atoms with Gasteiger partial charge in [0.15, 0.2) is 0 Å². The van der Waals surface area contributed by atoms with Gasteiger partial charge in [0.1, 0.15) is 11.3 Å². The van der Waals surface area contributed by atoms with E-state index in [0.717, 1.165) is 5.69 Å². The molecule has 2 amide bonds. The summed E-state index contributed by atoms with van der Waals surface area (Å²) in [6.07, 6.45) is 7.15. The number of imidazole rings is 1. The van der Waals surface area contributed by atoms with Crippen LogP contribution in [-0.2, 0) is 4.79 Å². The molecular weight excluding hydrogens is 380 g/mol. The van der Waals surface area contributed by atoms with Crippen LogP contribution in [0.2, 0.25) is 0 Å². The second-order valence-corrected chi connectivity index (χ2v) is 7.91. The van der Waals surface area contributed by atoms with Gasteiger partial charge in [-0.25, -0.2) is 4.98 Å². The van der Waals surface area contributed by atoms with E-state index in [1.165, 1.54) is 0 Å². The van der Waals surface area contributed by atoms with Gasteiger partial charge in [0.2, 0.25) is 5.91 Å². The monoisotopic (exact) mass is 408 g/mol. The maximum atomic E-state index is 12.7. The van der Waals surface area contributed by atoms with Crippen molar-refractivity contribution in [1.82, 2.24) is 25.0 Å². The van der Waals surface area contributed by atoms with Crippen molar-refractivity contribution in [2.75, 3.05) is 18.5 Å². The van der Waals surface area contributed by atoms with Crippen molar-refractivity contribution in [1.29, 1.82) is 0 Å². The van der Waals surface area contributed by atoms with Crippen molar-refractivity contribution in [2.24, 2.45) is 0 Å². The third-order valence-corrected chi connectivity index (χ3v) is 5.32. The minimum atomic E-state index is -0.623. The maximum absolute atomic E-state index is 12.7. The van der Waals surface area contributed by atoms with Crippen molar-refractivity contribution in [3.63, 3.8) is 0 Å². The zero-order valence-corrected chi connectivity index (χ0v) is 17.8. The van der Waals surface area contributed by atoms with Gasteiger partial charge in [-0.05, 0) is 45.0 Å². The molecule has 0 aliphatic carbocycles. The Morgan fingerprint density at radius 2 is 1.93 bits per heavy atom. The molecule has 0 aromatic carbocycles. The highest BCUT2D eigenvalue weighted by Gasteiger charge is 2.29. The molecule has 2 N–H and O–H groups in total. The van der Waals surface area contributed by atoms with Crippen LogP contribution in [0.3, 0.4) is 0 Å². The van der Waals surface area contributed by atoms with E-state index < -0.39 is 5.54 Å². The number of carbonyl (C=O) groups excluding carboxylic acids is 2. The average Bonchev–Trinajstić information content (AvgIpc) is 3.16. The number of nitrogens with zero attached hydrogens (tertiary/aromatic N) is 4. The Labute approximate surface area is 176 Å². The summed E-state index contributed by atoms with van der Waals surface area (Å²) in [5.41, 5.74) is 1.55. The molecule has 8 heteroatoms. The highest BCUT2D eigenvalue weighted by Crippen LogP contribution is 2.13. The summed E-state index contributed by atoms with van der Waals surface area (Å²) < 4.78 is 1.74. The fourth-order valence-electron chi connectivity index (χ4n) is 3.08. The fraction of sp³-hybridized carbons (Fsp3) is 0.364. The number of rotatable bonds is 8. The van der Waals surface area contributed by atoms with Crippen LogP contribution in [0.25, 0.3) is 5.65 Å². The Morgan fingerprint density at radius 1 is 1.20 bits per heavy atom. The summed E-state index contributed by atoms with van der Waals surface area (Å²) in [6.45, 7) is 6.26. The van der Waals surface area contributed by atoms with E-state index in [9.17, 15) is 9.59 Å². The summed E-state index contributed by atoms with van der Waals surface area (Å²) >= 11 is 0. The standard InChI is InChI=1S/C22H28N6O2/c1-16(25-21(30)18-15-24-19-7-5-6-13-28(18)19)22(2,3)26-20(29)10-14-27(4)17-8-11-23-12-9-17/h5-9,11-13,15-16H,10,14H2,1-4H3,(H,25,30)(H,26,29). The molecule has 1 atom stereocenters. The van der Waals surface area contributed by atoms with Crippen LogP contribution in [0.1, 0.15) is 37.7 Å². The van der Waals surface area contributed by atoms with Gasteiger partial charge in [0.05, 0.1) is 11.7 Å². The first-order valence-corrected chi connectivity index (χ1v) is 9.93. The minimum Gasteiger partial charge on any atom is -0.374 e. The van der Waals surface area contributed by atoms with E-state index in [-0.39, 0.29) is 17.9 Å². The Hall–Kier alpha value is -3.42. The fourth-order valence-corrected chi connectivity index (χ4v) is 3.08. The van der Waals surface area contributed by atoms with E-state index in [0.29, 0.717) is 24.3 Å². The smallest absolute Gasteiger partial charge is 0.270 e. The van der Waals surface area contributed by atoms with Gasteiger partial charge in [0.25, 0.3) is 5.91 Å². The van der Waals surface area contributed by atoms with Gasteiger partial charge in [-0.1, -0.05) is 6.07 Å². The van der Waals surface area contributed by atoms with Gasteiger partial charge in [-0.15, -0.1) is 0 Å². The number of fused-ring (bicyclic) bond motifs is 1. The number of anilines is 1. The molecule has 3 aromatic heterocycles. The van der Waals surface area contributed by atoms with Crippen molar-refractivity contribution < 1.29 is 9.59 Å². The first kappa shape index (κ1) is 21.3. The van der Waals surface area contributed by atoms with Crippen LogP contribution in [-0.4, -0.2) is 51.4 Å². The Balaban J connectivity index is 1.55. The zero-order chi connectivity index (χ0) is 21.7. The molecule has 0 bridgehead atoms. The van der Waals surface area contributed by atoms with E-state index in [4.69, 9.17) is 0 Å². The molecule has 0 fully saturated rings. The molecule has 3 heterocycles. The van der Waals surface area contributed by atoms with E-state index in [1.54, 1.807) is 29.2 Å². The molecule has 0 aliphatic rings. The second kappa shape index (κ2) is 8.94. The number of aromatic nitrogens is 3. The topological polar surface area (TPSA) is 91.6 Å². The Kier molecular flexibility index (Phi) is 6.34. The summed E-state index contributed by atoms with van der Waals surface area (Å²) in [7, 11) is 1.94. The Morgan fingerprint density at radius 3 is 2.67 bits per heavy atom. The van der Waals surface area contributed by atoms with Gasteiger partial charge in [0, 0.05) is 50.3 Å². The molecule has 0 spiro atoms. The molecule has 30 heavy (non-hydrogen) atoms. The van der Waals surface area contributed by atoms with Crippen LogP contribution in [0.5, 0.6) is 0 Å². The van der Waals surface area contributed by atoms with Crippen LogP contribution >= 0.6 is 0 Å². The van der Waals surface area contributed by atoms with Crippen molar-refractivity contribution in [2.45, 2.75) is 38.8 Å². The van der Waals surface area contributed by atoms with E-state index in [1.807, 2.05) is 63.1 Å². The molecule has 8 nitrogen and oxygen atoms in total. The summed E-state index contributed by atoms with van der Waals surface area (Å²) in [4.78, 5) is 35.5. The number of hydrogen-bond acceptors (Lipinski definition) is 5. The van der Waals surface area contributed by atoms with E-state index >= 15 is 0 Å². The molecular formula is C22H28N6O2. The first-order valence-electron chi connectivity index (χ1n) is 9.93. The van der Waals surface area contributed by atoms with Gasteiger partial charge in [-0.2, -0.15) is 0 Å². The number of amides is 2. The largest absolute Gasteiger partial charge is 0.374 e. The number of nitrogens with one attached hydrogen (secondary N) is 2.